The van der Waals surface area contributed by atoms with Crippen LogP contribution in [0.1, 0.15) is 29.7 Å². The number of fused-ring (bicyclic) bond motifs is 2. The van der Waals surface area contributed by atoms with Crippen LogP contribution < -0.4 is 14.4 Å². The van der Waals surface area contributed by atoms with Crippen LogP contribution in [0.3, 0.4) is 0 Å². The number of nitrogens with zero attached hydrogens (tertiary/aromatic N) is 2. The molecule has 0 saturated carbocycles. The van der Waals surface area contributed by atoms with Crippen LogP contribution in [0, 0.1) is 0 Å². The molecule has 2 aliphatic carbocycles. The molecule has 180 valence electrons. The second-order valence-electron chi connectivity index (χ2n) is 9.44. The third kappa shape index (κ3) is 4.44. The van der Waals surface area contributed by atoms with Gasteiger partial charge in [-0.1, -0.05) is 48.5 Å². The fraction of sp³-hybridized carbons (Fsp3) is 0.226. The molecule has 0 N–H and O–H groups in total. The summed E-state index contributed by atoms with van der Waals surface area (Å²) >= 11 is 0. The highest BCUT2D eigenvalue weighted by Crippen LogP contribution is 2.37. The topological polar surface area (TPSA) is 51.7 Å². The van der Waals surface area contributed by atoms with Crippen LogP contribution in [0.25, 0.3) is 10.9 Å². The average Bonchev–Trinajstić information content (AvgIpc) is 3.52. The number of allylic oxidation sites excluding steroid dienone is 2. The van der Waals surface area contributed by atoms with Gasteiger partial charge in [0.2, 0.25) is 0 Å². The minimum atomic E-state index is 0.0643. The third-order valence-corrected chi connectivity index (χ3v) is 7.04. The smallest absolute Gasteiger partial charge is 0.163 e. The number of carbonyl (C=O) groups excluding carboxylic acids is 1. The molecular formula is C31H28N2O3. The molecule has 2 aliphatic rings. The average molecular weight is 477 g/mol. The largest absolute Gasteiger partial charge is 0.493 e. The Morgan fingerprint density at radius 3 is 2.42 bits per heavy atom. The van der Waals surface area contributed by atoms with Crippen molar-refractivity contribution >= 4 is 22.4 Å². The molecule has 5 nitrogen and oxygen atoms in total. The number of ether oxygens (including phenoxy) is 2. The van der Waals surface area contributed by atoms with Crippen molar-refractivity contribution in [3.63, 3.8) is 0 Å². The zero-order valence-corrected chi connectivity index (χ0v) is 20.3. The van der Waals surface area contributed by atoms with Crippen molar-refractivity contribution in [3.8, 4) is 11.5 Å². The summed E-state index contributed by atoms with van der Waals surface area (Å²) in [6.07, 6.45) is 4.85. The zero-order chi connectivity index (χ0) is 24.5. The maximum absolute atomic E-state index is 12.2. The Morgan fingerprint density at radius 2 is 1.67 bits per heavy atom. The molecule has 0 amide bonds. The molecule has 6 rings (SSSR count). The molecule has 3 aromatic carbocycles. The van der Waals surface area contributed by atoms with Crippen molar-refractivity contribution in [2.45, 2.75) is 38.3 Å². The lowest BCUT2D eigenvalue weighted by atomic mass is 10.1. The van der Waals surface area contributed by atoms with Gasteiger partial charge in [-0.15, -0.1) is 0 Å². The molecule has 0 unspecified atom stereocenters. The van der Waals surface area contributed by atoms with E-state index in [0.717, 1.165) is 40.8 Å². The van der Waals surface area contributed by atoms with Gasteiger partial charge < -0.3 is 14.4 Å². The molecule has 4 aromatic rings. The van der Waals surface area contributed by atoms with E-state index in [2.05, 4.69) is 47.4 Å². The first-order valence-electron chi connectivity index (χ1n) is 12.4. The lowest BCUT2D eigenvalue weighted by molar-refractivity contribution is -0.114. The van der Waals surface area contributed by atoms with Crippen LogP contribution in [-0.2, 0) is 24.2 Å². The van der Waals surface area contributed by atoms with E-state index in [1.165, 1.54) is 11.1 Å². The number of anilines is 1. The number of aromatic nitrogens is 1. The number of carbonyl (C=O) groups is 1. The second-order valence-corrected chi connectivity index (χ2v) is 9.44. The van der Waals surface area contributed by atoms with Gasteiger partial charge in [-0.3, -0.25) is 9.78 Å². The van der Waals surface area contributed by atoms with Crippen molar-refractivity contribution in [2.24, 2.45) is 0 Å². The van der Waals surface area contributed by atoms with Gasteiger partial charge in [0.25, 0.3) is 0 Å². The van der Waals surface area contributed by atoms with Crippen LogP contribution in [0.15, 0.2) is 90.6 Å². The van der Waals surface area contributed by atoms with Crippen molar-refractivity contribution in [1.29, 1.82) is 0 Å². The molecule has 0 atom stereocenters. The predicted molar refractivity (Wildman–Crippen MR) is 142 cm³/mol. The first-order valence-corrected chi connectivity index (χ1v) is 12.4. The highest BCUT2D eigenvalue weighted by atomic mass is 16.5. The monoisotopic (exact) mass is 476 g/mol. The summed E-state index contributed by atoms with van der Waals surface area (Å²) in [4.78, 5) is 19.2. The van der Waals surface area contributed by atoms with Gasteiger partial charge >= 0.3 is 0 Å². The second kappa shape index (κ2) is 9.50. The molecule has 0 saturated heterocycles. The van der Waals surface area contributed by atoms with E-state index >= 15 is 0 Å². The van der Waals surface area contributed by atoms with Crippen LogP contribution in [-0.4, -0.2) is 24.0 Å². The number of para-hydroxylation sites is 1. The maximum Gasteiger partial charge on any atom is 0.163 e. The van der Waals surface area contributed by atoms with Crippen molar-refractivity contribution in [3.05, 3.63) is 107 Å². The Kier molecular flexibility index (Phi) is 5.90. The van der Waals surface area contributed by atoms with E-state index in [1.54, 1.807) is 13.2 Å². The van der Waals surface area contributed by atoms with Crippen LogP contribution in [0.5, 0.6) is 11.5 Å². The van der Waals surface area contributed by atoms with E-state index in [4.69, 9.17) is 14.5 Å². The van der Waals surface area contributed by atoms with Gasteiger partial charge in [-0.25, -0.2) is 0 Å². The van der Waals surface area contributed by atoms with Crippen LogP contribution in [0.2, 0.25) is 0 Å². The van der Waals surface area contributed by atoms with Gasteiger partial charge in [0.1, 0.15) is 6.10 Å². The molecule has 1 aromatic heterocycles. The van der Waals surface area contributed by atoms with Gasteiger partial charge in [0.15, 0.2) is 17.3 Å². The Hall–Kier alpha value is -4.12. The molecule has 0 radical (unpaired) electrons. The fourth-order valence-corrected chi connectivity index (χ4v) is 5.22. The summed E-state index contributed by atoms with van der Waals surface area (Å²) < 4.78 is 12.2. The SMILES string of the molecule is COc1ccc(N(Cc2ccc3ccccc3n2)C2=CC(=O)CC2)cc1OC1Cc2ccccc2C1. The first kappa shape index (κ1) is 22.4. The lowest BCUT2D eigenvalue weighted by Crippen LogP contribution is -2.22. The Morgan fingerprint density at radius 1 is 0.889 bits per heavy atom. The number of hydrogen-bond donors (Lipinski definition) is 0. The highest BCUT2D eigenvalue weighted by Gasteiger charge is 2.25. The Bertz CT molecular complexity index is 1450. The predicted octanol–water partition coefficient (Wildman–Crippen LogP) is 6.04. The first-order chi connectivity index (χ1) is 17.7. The molecule has 36 heavy (non-hydrogen) atoms. The summed E-state index contributed by atoms with van der Waals surface area (Å²) in [6.45, 7) is 0.560. The minimum Gasteiger partial charge on any atom is -0.493 e. The van der Waals surface area contributed by atoms with Gasteiger partial charge in [0, 0.05) is 48.2 Å². The maximum atomic E-state index is 12.2. The van der Waals surface area contributed by atoms with E-state index in [9.17, 15) is 4.79 Å². The number of methoxy groups -OCH3 is 1. The lowest BCUT2D eigenvalue weighted by Gasteiger charge is -2.27. The summed E-state index contributed by atoms with van der Waals surface area (Å²) in [5, 5.41) is 1.11. The summed E-state index contributed by atoms with van der Waals surface area (Å²) in [5.41, 5.74) is 6.55. The van der Waals surface area contributed by atoms with Crippen molar-refractivity contribution in [1.82, 2.24) is 4.98 Å². The molecule has 0 spiro atoms. The molecule has 1 heterocycles. The minimum absolute atomic E-state index is 0.0643. The Labute approximate surface area is 211 Å². The molecular weight excluding hydrogens is 448 g/mol. The van der Waals surface area contributed by atoms with Crippen LogP contribution in [0.4, 0.5) is 5.69 Å². The van der Waals surface area contributed by atoms with E-state index < -0.39 is 0 Å². The van der Waals surface area contributed by atoms with Gasteiger partial charge in [0.05, 0.1) is 24.9 Å². The van der Waals surface area contributed by atoms with E-state index in [1.807, 2.05) is 36.4 Å². The van der Waals surface area contributed by atoms with Crippen LogP contribution >= 0.6 is 0 Å². The quantitative estimate of drug-likeness (QED) is 0.325. The molecule has 0 aliphatic heterocycles. The number of ketones is 1. The van der Waals surface area contributed by atoms with Gasteiger partial charge in [-0.05, 0) is 41.8 Å². The van der Waals surface area contributed by atoms with E-state index in [0.29, 0.717) is 30.9 Å². The standard InChI is InChI=1S/C31H28N2O3/c1-35-30-15-13-26(19-31(30)36-28-16-22-7-2-3-8-23(22)17-28)33(25-12-14-27(34)18-25)20-24-11-10-21-6-4-5-9-29(21)32-24/h2-11,13,15,18-19,28H,12,14,16-17,20H2,1H3. The van der Waals surface area contributed by atoms with Gasteiger partial charge in [-0.2, -0.15) is 0 Å². The number of hydrogen-bond acceptors (Lipinski definition) is 5. The molecule has 5 heteroatoms. The normalized spacial score (nSPS) is 15.1. The summed E-state index contributed by atoms with van der Waals surface area (Å²) in [7, 11) is 1.67. The zero-order valence-electron chi connectivity index (χ0n) is 20.3. The van der Waals surface area contributed by atoms with Crippen molar-refractivity contribution in [2.75, 3.05) is 12.0 Å². The number of benzene rings is 3. The molecule has 0 fully saturated rings. The summed E-state index contributed by atoms with van der Waals surface area (Å²) in [6, 6.07) is 26.8. The number of pyridine rings is 1. The molecule has 0 bridgehead atoms. The van der Waals surface area contributed by atoms with Crippen molar-refractivity contribution < 1.29 is 14.3 Å². The third-order valence-electron chi connectivity index (χ3n) is 7.04. The highest BCUT2D eigenvalue weighted by molar-refractivity contribution is 5.93. The Balaban J connectivity index is 1.32. The summed E-state index contributed by atoms with van der Waals surface area (Å²) in [5.74, 6) is 1.58. The number of rotatable bonds is 7. The fourth-order valence-electron chi connectivity index (χ4n) is 5.22. The van der Waals surface area contributed by atoms with E-state index in [-0.39, 0.29) is 11.9 Å².